The maximum Gasteiger partial charge on any atom is 1.00 e. The summed E-state index contributed by atoms with van der Waals surface area (Å²) in [4.78, 5) is 0. The van der Waals surface area contributed by atoms with Crippen molar-refractivity contribution in [1.29, 1.82) is 0 Å². The molecule has 0 atom stereocenters. The SMILES string of the molecule is F[B-](F)(F)CCCCC1CC1.[K+]. The molecule has 66 valence electrons. The maximum atomic E-state index is 11.7. The molecule has 0 N–H and O–H groups in total. The standard InChI is InChI=1S/C7H13BF3.K/c9-8(10,11)6-2-1-3-7-4-5-7;/h7H,1-6H2;/q-1;+1. The van der Waals surface area contributed by atoms with Crippen LogP contribution in [0.3, 0.4) is 0 Å². The van der Waals surface area contributed by atoms with E-state index in [-0.39, 0.29) is 51.4 Å². The zero-order valence-electron chi connectivity index (χ0n) is 7.53. The second-order valence-electron chi connectivity index (χ2n) is 3.44. The van der Waals surface area contributed by atoms with Crippen LogP contribution in [-0.2, 0) is 0 Å². The predicted octanol–water partition coefficient (Wildman–Crippen LogP) is 0.418. The first-order valence-corrected chi connectivity index (χ1v) is 4.29. The largest absolute Gasteiger partial charge is 1.00 e. The van der Waals surface area contributed by atoms with Crippen molar-refractivity contribution >= 4 is 6.98 Å². The molecule has 0 radical (unpaired) electrons. The summed E-state index contributed by atoms with van der Waals surface area (Å²) in [7, 11) is 0. The number of halogens is 3. The quantitative estimate of drug-likeness (QED) is 0.449. The summed E-state index contributed by atoms with van der Waals surface area (Å²) >= 11 is 0. The molecule has 1 aliphatic rings. The first kappa shape index (κ1) is 13.5. The molecule has 0 nitrogen and oxygen atoms in total. The van der Waals surface area contributed by atoms with Crippen LogP contribution in [0.15, 0.2) is 0 Å². The molecule has 5 heteroatoms. The fourth-order valence-electron chi connectivity index (χ4n) is 1.22. The van der Waals surface area contributed by atoms with Crippen molar-refractivity contribution in [2.75, 3.05) is 0 Å². The Balaban J connectivity index is 0.00000121. The molecule has 0 amide bonds. The van der Waals surface area contributed by atoms with Crippen LogP contribution in [0.5, 0.6) is 0 Å². The van der Waals surface area contributed by atoms with E-state index < -0.39 is 13.3 Å². The fraction of sp³-hybridized carbons (Fsp3) is 1.00. The zero-order valence-corrected chi connectivity index (χ0v) is 10.7. The van der Waals surface area contributed by atoms with Gasteiger partial charge in [-0.2, -0.15) is 0 Å². The predicted molar refractivity (Wildman–Crippen MR) is 40.5 cm³/mol. The van der Waals surface area contributed by atoms with E-state index in [0.717, 1.165) is 18.8 Å². The van der Waals surface area contributed by atoms with Crippen LogP contribution in [-0.4, -0.2) is 6.98 Å². The Hall–Kier alpha value is 1.49. The number of rotatable bonds is 5. The molecule has 0 heterocycles. The van der Waals surface area contributed by atoms with Crippen LogP contribution in [0.25, 0.3) is 0 Å². The van der Waals surface area contributed by atoms with Crippen LogP contribution in [0.4, 0.5) is 12.9 Å². The average molecular weight is 204 g/mol. The number of unbranched alkanes of at least 4 members (excludes halogenated alkanes) is 1. The summed E-state index contributed by atoms with van der Waals surface area (Å²) in [6.07, 6.45) is 4.10. The molecule has 0 unspecified atom stereocenters. The number of hydrogen-bond acceptors (Lipinski definition) is 0. The van der Waals surface area contributed by atoms with Gasteiger partial charge in [-0.05, 0) is 5.92 Å². The molecule has 12 heavy (non-hydrogen) atoms. The molecular formula is C7H13BF3K. The van der Waals surface area contributed by atoms with E-state index in [2.05, 4.69) is 0 Å². The molecule has 0 spiro atoms. The molecular weight excluding hydrogens is 191 g/mol. The van der Waals surface area contributed by atoms with E-state index in [0.29, 0.717) is 6.42 Å². The summed E-state index contributed by atoms with van der Waals surface area (Å²) in [6.45, 7) is -4.51. The van der Waals surface area contributed by atoms with Gasteiger partial charge in [-0.15, -0.1) is 0 Å². The Morgan fingerprint density at radius 3 is 2.08 bits per heavy atom. The molecule has 0 aromatic rings. The second kappa shape index (κ2) is 6.07. The van der Waals surface area contributed by atoms with Crippen molar-refractivity contribution in [1.82, 2.24) is 0 Å². The van der Waals surface area contributed by atoms with Crippen LogP contribution >= 0.6 is 0 Å². The molecule has 0 aliphatic heterocycles. The maximum absolute atomic E-state index is 11.7. The Kier molecular flexibility index (Phi) is 6.82. The van der Waals surface area contributed by atoms with E-state index in [9.17, 15) is 12.9 Å². The molecule has 0 bridgehead atoms. The van der Waals surface area contributed by atoms with E-state index in [1.165, 1.54) is 12.8 Å². The molecule has 0 aromatic carbocycles. The monoisotopic (exact) mass is 204 g/mol. The smallest absolute Gasteiger partial charge is 0.449 e. The van der Waals surface area contributed by atoms with E-state index in [1.54, 1.807) is 0 Å². The summed E-state index contributed by atoms with van der Waals surface area (Å²) < 4.78 is 35.0. The van der Waals surface area contributed by atoms with Crippen molar-refractivity contribution in [2.45, 2.75) is 38.4 Å². The first-order valence-electron chi connectivity index (χ1n) is 4.29. The van der Waals surface area contributed by atoms with Gasteiger partial charge < -0.3 is 12.9 Å². The Morgan fingerprint density at radius 2 is 1.67 bits per heavy atom. The van der Waals surface area contributed by atoms with Crippen LogP contribution < -0.4 is 51.4 Å². The fourth-order valence-corrected chi connectivity index (χ4v) is 1.22. The zero-order chi connectivity index (χ0) is 8.32. The summed E-state index contributed by atoms with van der Waals surface area (Å²) in [5.41, 5.74) is 0. The van der Waals surface area contributed by atoms with E-state index in [4.69, 9.17) is 0 Å². The van der Waals surface area contributed by atoms with Crippen molar-refractivity contribution in [3.63, 3.8) is 0 Å². The third-order valence-electron chi connectivity index (χ3n) is 2.09. The van der Waals surface area contributed by atoms with Crippen LogP contribution in [0, 0.1) is 5.92 Å². The number of hydrogen-bond donors (Lipinski definition) is 0. The third-order valence-corrected chi connectivity index (χ3v) is 2.09. The van der Waals surface area contributed by atoms with Gasteiger partial charge in [-0.3, -0.25) is 0 Å². The third kappa shape index (κ3) is 8.11. The first-order chi connectivity index (χ1) is 5.08. The summed E-state index contributed by atoms with van der Waals surface area (Å²) in [6, 6.07) is 0. The van der Waals surface area contributed by atoms with Crippen molar-refractivity contribution in [3.8, 4) is 0 Å². The van der Waals surface area contributed by atoms with E-state index in [1.807, 2.05) is 0 Å². The molecule has 1 aliphatic carbocycles. The van der Waals surface area contributed by atoms with Gasteiger partial charge in [0.15, 0.2) is 0 Å². The minimum Gasteiger partial charge on any atom is -0.449 e. The van der Waals surface area contributed by atoms with Crippen molar-refractivity contribution in [2.24, 2.45) is 5.92 Å². The van der Waals surface area contributed by atoms with Gasteiger partial charge in [-0.1, -0.05) is 38.4 Å². The Bertz CT molecular complexity index is 122. The molecule has 0 saturated heterocycles. The Labute approximate surface area is 114 Å². The summed E-state index contributed by atoms with van der Waals surface area (Å²) in [5, 5.41) is 0. The topological polar surface area (TPSA) is 0 Å². The van der Waals surface area contributed by atoms with Gasteiger partial charge in [0, 0.05) is 0 Å². The van der Waals surface area contributed by atoms with E-state index >= 15 is 0 Å². The second-order valence-corrected chi connectivity index (χ2v) is 3.44. The van der Waals surface area contributed by atoms with Gasteiger partial charge in [0.25, 0.3) is 0 Å². The molecule has 1 saturated carbocycles. The van der Waals surface area contributed by atoms with Gasteiger partial charge >= 0.3 is 58.4 Å². The van der Waals surface area contributed by atoms with Crippen molar-refractivity contribution < 1.29 is 64.3 Å². The van der Waals surface area contributed by atoms with Gasteiger partial charge in [0.05, 0.1) is 0 Å². The van der Waals surface area contributed by atoms with Crippen molar-refractivity contribution in [3.05, 3.63) is 0 Å². The summed E-state index contributed by atoms with van der Waals surface area (Å²) in [5.74, 6) is 0.774. The Morgan fingerprint density at radius 1 is 1.08 bits per heavy atom. The average Bonchev–Trinajstić information content (AvgIpc) is 2.60. The minimum absolute atomic E-state index is 0. The molecule has 1 fully saturated rings. The van der Waals surface area contributed by atoms with Crippen LogP contribution in [0.1, 0.15) is 32.1 Å². The minimum atomic E-state index is -4.51. The van der Waals surface area contributed by atoms with Gasteiger partial charge in [0.2, 0.25) is 0 Å². The molecule has 0 aromatic heterocycles. The van der Waals surface area contributed by atoms with Crippen LogP contribution in [0.2, 0.25) is 6.32 Å². The van der Waals surface area contributed by atoms with Gasteiger partial charge in [-0.25, -0.2) is 0 Å². The molecule has 1 rings (SSSR count). The normalized spacial score (nSPS) is 17.2. The van der Waals surface area contributed by atoms with Gasteiger partial charge in [0.1, 0.15) is 0 Å².